The second-order valence-corrected chi connectivity index (χ2v) is 8.47. The lowest BCUT2D eigenvalue weighted by Crippen LogP contribution is -2.30. The van der Waals surface area contributed by atoms with Crippen LogP contribution in [0.1, 0.15) is 41.7 Å². The van der Waals surface area contributed by atoms with Crippen molar-refractivity contribution in [3.05, 3.63) is 59.7 Å². The lowest BCUT2D eigenvalue weighted by molar-refractivity contribution is 0.0735. The Kier molecular flexibility index (Phi) is 5.32. The Labute approximate surface area is 154 Å². The van der Waals surface area contributed by atoms with Gasteiger partial charge in [0.15, 0.2) is 9.84 Å². The zero-order valence-electron chi connectivity index (χ0n) is 15.0. The van der Waals surface area contributed by atoms with Crippen molar-refractivity contribution in [2.75, 3.05) is 19.4 Å². The molecule has 0 aromatic heterocycles. The van der Waals surface area contributed by atoms with Crippen LogP contribution in [0.4, 0.5) is 0 Å². The van der Waals surface area contributed by atoms with E-state index in [1.165, 1.54) is 12.1 Å². The van der Waals surface area contributed by atoms with Gasteiger partial charge < -0.3 is 9.64 Å². The summed E-state index contributed by atoms with van der Waals surface area (Å²) in [5, 5.41) is 0. The van der Waals surface area contributed by atoms with E-state index in [0.29, 0.717) is 18.7 Å². The first-order valence-corrected chi connectivity index (χ1v) is 10.6. The van der Waals surface area contributed by atoms with E-state index in [9.17, 15) is 13.2 Å². The molecular weight excluding hydrogens is 350 g/mol. The Morgan fingerprint density at radius 2 is 1.92 bits per heavy atom. The molecule has 0 bridgehead atoms. The highest BCUT2D eigenvalue weighted by Crippen LogP contribution is 2.34. The molecule has 3 rings (SSSR count). The topological polar surface area (TPSA) is 63.7 Å². The van der Waals surface area contributed by atoms with Crippen molar-refractivity contribution in [2.45, 2.75) is 30.7 Å². The summed E-state index contributed by atoms with van der Waals surface area (Å²) in [5.41, 5.74) is 1.48. The molecule has 0 radical (unpaired) electrons. The van der Waals surface area contributed by atoms with Gasteiger partial charge in [-0.25, -0.2) is 8.42 Å². The molecule has 5 nitrogen and oxygen atoms in total. The molecule has 0 aliphatic carbocycles. The Morgan fingerprint density at radius 3 is 2.58 bits per heavy atom. The van der Waals surface area contributed by atoms with Crippen molar-refractivity contribution in [3.63, 3.8) is 0 Å². The monoisotopic (exact) mass is 373 g/mol. The molecule has 0 N–H and O–H groups in total. The van der Waals surface area contributed by atoms with Gasteiger partial charge in [-0.1, -0.05) is 18.2 Å². The zero-order chi connectivity index (χ0) is 18.7. The van der Waals surface area contributed by atoms with Gasteiger partial charge in [-0.05, 0) is 55.7 Å². The van der Waals surface area contributed by atoms with E-state index in [1.54, 1.807) is 12.1 Å². The summed E-state index contributed by atoms with van der Waals surface area (Å²) in [4.78, 5) is 15.0. The van der Waals surface area contributed by atoms with Gasteiger partial charge in [-0.15, -0.1) is 0 Å². The molecule has 1 unspecified atom stereocenters. The normalized spacial score (nSPS) is 17.3. The summed E-state index contributed by atoms with van der Waals surface area (Å²) in [6.07, 6.45) is 2.97. The number of rotatable bonds is 5. The predicted molar refractivity (Wildman–Crippen MR) is 100 cm³/mol. The van der Waals surface area contributed by atoms with E-state index >= 15 is 0 Å². The minimum Gasteiger partial charge on any atom is -0.494 e. The highest BCUT2D eigenvalue weighted by molar-refractivity contribution is 7.90. The maximum atomic E-state index is 13.0. The van der Waals surface area contributed by atoms with Gasteiger partial charge in [0.1, 0.15) is 5.75 Å². The number of hydrogen-bond donors (Lipinski definition) is 0. The van der Waals surface area contributed by atoms with Gasteiger partial charge >= 0.3 is 0 Å². The first-order valence-electron chi connectivity index (χ1n) is 8.74. The van der Waals surface area contributed by atoms with Crippen molar-refractivity contribution in [1.29, 1.82) is 0 Å². The molecule has 0 saturated carbocycles. The quantitative estimate of drug-likeness (QED) is 0.805. The molecule has 2 aromatic rings. The first kappa shape index (κ1) is 18.5. The maximum absolute atomic E-state index is 13.0. The molecule has 2 aromatic carbocycles. The molecule has 0 spiro atoms. The third-order valence-corrected chi connectivity index (χ3v) is 5.71. The molecule has 1 aliphatic rings. The van der Waals surface area contributed by atoms with Gasteiger partial charge in [0.05, 0.1) is 17.5 Å². The van der Waals surface area contributed by atoms with Crippen LogP contribution in [0.5, 0.6) is 5.75 Å². The van der Waals surface area contributed by atoms with Crippen LogP contribution in [0.25, 0.3) is 0 Å². The number of carbonyl (C=O) groups excluding carboxylic acids is 1. The maximum Gasteiger partial charge on any atom is 0.254 e. The van der Waals surface area contributed by atoms with Crippen LogP contribution >= 0.6 is 0 Å². The van der Waals surface area contributed by atoms with Crippen molar-refractivity contribution in [1.82, 2.24) is 4.90 Å². The number of ether oxygens (including phenoxy) is 1. The van der Waals surface area contributed by atoms with Crippen LogP contribution in [0.3, 0.4) is 0 Å². The van der Waals surface area contributed by atoms with Crippen LogP contribution in [0.2, 0.25) is 0 Å². The van der Waals surface area contributed by atoms with Crippen LogP contribution in [0.15, 0.2) is 53.4 Å². The average molecular weight is 373 g/mol. The largest absolute Gasteiger partial charge is 0.494 e. The van der Waals surface area contributed by atoms with Crippen molar-refractivity contribution >= 4 is 15.7 Å². The second-order valence-electron chi connectivity index (χ2n) is 6.46. The minimum absolute atomic E-state index is 0.0000614. The molecule has 1 saturated heterocycles. The van der Waals surface area contributed by atoms with Gasteiger partial charge in [0.25, 0.3) is 5.91 Å². The third kappa shape index (κ3) is 3.90. The summed E-state index contributed by atoms with van der Waals surface area (Å²) in [7, 11) is -3.34. The standard InChI is InChI=1S/C20H23NO4S/c1-3-25-17-11-9-15(10-12-17)19-8-5-13-21(19)20(22)16-6-4-7-18(14-16)26(2,23)24/h4,6-7,9-12,14,19H,3,5,8,13H2,1-2H3. The highest BCUT2D eigenvalue weighted by Gasteiger charge is 2.30. The number of likely N-dealkylation sites (tertiary alicyclic amines) is 1. The van der Waals surface area contributed by atoms with E-state index in [0.717, 1.165) is 30.4 Å². The van der Waals surface area contributed by atoms with Gasteiger partial charge in [-0.2, -0.15) is 0 Å². The number of sulfone groups is 1. The average Bonchev–Trinajstić information content (AvgIpc) is 3.11. The second kappa shape index (κ2) is 7.50. The predicted octanol–water partition coefficient (Wildman–Crippen LogP) is 3.47. The lowest BCUT2D eigenvalue weighted by atomic mass is 10.0. The molecule has 6 heteroatoms. The third-order valence-electron chi connectivity index (χ3n) is 4.60. The molecule has 1 atom stereocenters. The molecule has 1 amide bonds. The summed E-state index contributed by atoms with van der Waals surface area (Å²) in [6.45, 7) is 3.22. The minimum atomic E-state index is -3.34. The fourth-order valence-corrected chi connectivity index (χ4v) is 4.00. The van der Waals surface area contributed by atoms with Crippen LogP contribution in [0, 0.1) is 0 Å². The number of benzene rings is 2. The van der Waals surface area contributed by atoms with Gasteiger partial charge in [0, 0.05) is 18.4 Å². The Bertz CT molecular complexity index is 890. The number of carbonyl (C=O) groups is 1. The Hall–Kier alpha value is -2.34. The summed E-state index contributed by atoms with van der Waals surface area (Å²) >= 11 is 0. The van der Waals surface area contributed by atoms with E-state index < -0.39 is 9.84 Å². The number of nitrogens with zero attached hydrogens (tertiary/aromatic N) is 1. The summed E-state index contributed by atoms with van der Waals surface area (Å²) < 4.78 is 29.0. The molecule has 1 aliphatic heterocycles. The van der Waals surface area contributed by atoms with E-state index in [4.69, 9.17) is 4.74 Å². The fourth-order valence-electron chi connectivity index (χ4n) is 3.33. The summed E-state index contributed by atoms with van der Waals surface area (Å²) in [5.74, 6) is 0.680. The number of hydrogen-bond acceptors (Lipinski definition) is 4. The van der Waals surface area contributed by atoms with Crippen molar-refractivity contribution in [2.24, 2.45) is 0 Å². The van der Waals surface area contributed by atoms with Crippen LogP contribution in [-0.2, 0) is 9.84 Å². The smallest absolute Gasteiger partial charge is 0.254 e. The molecule has 1 fully saturated rings. The SMILES string of the molecule is CCOc1ccc(C2CCCN2C(=O)c2cccc(S(C)(=O)=O)c2)cc1. The van der Waals surface area contributed by atoms with Gasteiger partial charge in [0.2, 0.25) is 0 Å². The Morgan fingerprint density at radius 1 is 1.19 bits per heavy atom. The van der Waals surface area contributed by atoms with Crippen molar-refractivity contribution in [3.8, 4) is 5.75 Å². The van der Waals surface area contributed by atoms with E-state index in [1.807, 2.05) is 36.1 Å². The number of amides is 1. The lowest BCUT2D eigenvalue weighted by Gasteiger charge is -2.25. The molecule has 138 valence electrons. The molecular formula is C20H23NO4S. The first-order chi connectivity index (χ1) is 12.4. The van der Waals surface area contributed by atoms with E-state index in [2.05, 4.69) is 0 Å². The van der Waals surface area contributed by atoms with Crippen molar-refractivity contribution < 1.29 is 17.9 Å². The molecule has 1 heterocycles. The van der Waals surface area contributed by atoms with Gasteiger partial charge in [-0.3, -0.25) is 4.79 Å². The highest BCUT2D eigenvalue weighted by atomic mass is 32.2. The summed E-state index contributed by atoms with van der Waals surface area (Å²) in [6, 6.07) is 14.1. The van der Waals surface area contributed by atoms with Crippen LogP contribution < -0.4 is 4.74 Å². The molecule has 26 heavy (non-hydrogen) atoms. The van der Waals surface area contributed by atoms with E-state index in [-0.39, 0.29) is 16.8 Å². The zero-order valence-corrected chi connectivity index (χ0v) is 15.8. The fraction of sp³-hybridized carbons (Fsp3) is 0.350. The van der Waals surface area contributed by atoms with Crippen LogP contribution in [-0.4, -0.2) is 38.6 Å². The Balaban J connectivity index is 1.85.